The molecule has 0 amide bonds. The highest BCUT2D eigenvalue weighted by Crippen LogP contribution is 2.21. The van der Waals surface area contributed by atoms with Gasteiger partial charge in [0.25, 0.3) is 4.73 Å². The lowest BCUT2D eigenvalue weighted by Crippen LogP contribution is -2.03. The number of carbonyl (C=O) groups is 1. The second-order valence-corrected chi connectivity index (χ2v) is 4.37. The van der Waals surface area contributed by atoms with Crippen LogP contribution in [0.4, 0.5) is 5.95 Å². The summed E-state index contributed by atoms with van der Waals surface area (Å²) >= 11 is 3.07. The van der Waals surface area contributed by atoms with Gasteiger partial charge in [-0.2, -0.15) is 0 Å². The zero-order chi connectivity index (χ0) is 14.2. The van der Waals surface area contributed by atoms with Crippen molar-refractivity contribution in [1.29, 1.82) is 0 Å². The molecule has 19 heavy (non-hydrogen) atoms. The Morgan fingerprint density at radius 1 is 1.53 bits per heavy atom. The molecule has 1 heterocycles. The minimum atomic E-state index is -1.04. The van der Waals surface area contributed by atoms with Gasteiger partial charge in [-0.3, -0.25) is 0 Å². The molecule has 8 nitrogen and oxygen atoms in total. The Morgan fingerprint density at radius 2 is 2.21 bits per heavy atom. The maximum absolute atomic E-state index is 10.8. The highest BCUT2D eigenvalue weighted by Gasteiger charge is 2.22. The van der Waals surface area contributed by atoms with E-state index in [1.807, 2.05) is 0 Å². The first-order chi connectivity index (χ1) is 8.90. The van der Waals surface area contributed by atoms with Crippen LogP contribution < -0.4 is 0 Å². The minimum Gasteiger partial charge on any atom is -0.478 e. The highest BCUT2D eigenvalue weighted by atomic mass is 79.9. The van der Waals surface area contributed by atoms with Gasteiger partial charge in [-0.25, -0.2) is 4.79 Å². The van der Waals surface area contributed by atoms with Gasteiger partial charge in [0.05, 0.1) is 11.3 Å². The summed E-state index contributed by atoms with van der Waals surface area (Å²) in [4.78, 5) is 24.4. The smallest absolute Gasteiger partial charge is 0.478 e. The van der Waals surface area contributed by atoms with E-state index in [2.05, 4.69) is 26.0 Å². The molecule has 98 valence electrons. The summed E-state index contributed by atoms with van der Waals surface area (Å²) in [6.07, 6.45) is 0. The van der Waals surface area contributed by atoms with Gasteiger partial charge in [0, 0.05) is 21.0 Å². The van der Waals surface area contributed by atoms with Crippen LogP contribution in [0.15, 0.2) is 22.9 Å². The van der Waals surface area contributed by atoms with E-state index in [1.165, 1.54) is 22.9 Å². The molecular formula is C10H7BrN4O4. The van der Waals surface area contributed by atoms with Crippen molar-refractivity contribution in [3.05, 3.63) is 44.2 Å². The van der Waals surface area contributed by atoms with E-state index in [0.29, 0.717) is 11.3 Å². The summed E-state index contributed by atoms with van der Waals surface area (Å²) in [6.45, 7) is 1.68. The SMILES string of the molecule is Cc1cc(C(=O)O)ccc1-n1nc([N+](=O)[O-])nc1Br. The fourth-order valence-corrected chi connectivity index (χ4v) is 1.97. The Kier molecular flexibility index (Phi) is 3.30. The van der Waals surface area contributed by atoms with E-state index >= 15 is 0 Å². The number of nitrogens with zero attached hydrogens (tertiary/aromatic N) is 4. The molecule has 0 radical (unpaired) electrons. The van der Waals surface area contributed by atoms with E-state index < -0.39 is 16.8 Å². The molecule has 0 unspecified atom stereocenters. The summed E-state index contributed by atoms with van der Waals surface area (Å²) in [6, 6.07) is 4.37. The van der Waals surface area contributed by atoms with Crippen molar-refractivity contribution in [2.45, 2.75) is 6.92 Å². The molecule has 1 aromatic carbocycles. The van der Waals surface area contributed by atoms with Gasteiger partial charge in [0.1, 0.15) is 0 Å². The number of hydrogen-bond donors (Lipinski definition) is 1. The lowest BCUT2D eigenvalue weighted by atomic mass is 10.1. The molecule has 1 aromatic heterocycles. The Labute approximate surface area is 115 Å². The Balaban J connectivity index is 2.53. The monoisotopic (exact) mass is 326 g/mol. The van der Waals surface area contributed by atoms with Gasteiger partial charge in [0.15, 0.2) is 0 Å². The van der Waals surface area contributed by atoms with Gasteiger partial charge in [-0.1, -0.05) is 0 Å². The van der Waals surface area contributed by atoms with Crippen LogP contribution in [-0.2, 0) is 0 Å². The lowest BCUT2D eigenvalue weighted by Gasteiger charge is -2.04. The van der Waals surface area contributed by atoms with Crippen molar-refractivity contribution < 1.29 is 14.8 Å². The third-order valence-electron chi connectivity index (χ3n) is 2.39. The molecule has 1 N–H and O–H groups in total. The molecule has 2 aromatic rings. The first-order valence-electron chi connectivity index (χ1n) is 5.01. The van der Waals surface area contributed by atoms with Gasteiger partial charge >= 0.3 is 11.9 Å². The average Bonchev–Trinajstić information content (AvgIpc) is 2.71. The number of halogens is 1. The summed E-state index contributed by atoms with van der Waals surface area (Å²) < 4.78 is 1.41. The van der Waals surface area contributed by atoms with Crippen LogP contribution in [0.3, 0.4) is 0 Å². The van der Waals surface area contributed by atoms with Crippen molar-refractivity contribution in [2.24, 2.45) is 0 Å². The van der Waals surface area contributed by atoms with Crippen LogP contribution in [0.2, 0.25) is 0 Å². The van der Waals surface area contributed by atoms with Crippen molar-refractivity contribution in [1.82, 2.24) is 14.8 Å². The van der Waals surface area contributed by atoms with Crippen LogP contribution in [0.1, 0.15) is 15.9 Å². The lowest BCUT2D eigenvalue weighted by molar-refractivity contribution is -0.394. The zero-order valence-electron chi connectivity index (χ0n) is 9.57. The van der Waals surface area contributed by atoms with Gasteiger partial charge in [-0.15, -0.1) is 4.68 Å². The molecule has 0 atom stereocenters. The number of rotatable bonds is 3. The summed E-state index contributed by atoms with van der Waals surface area (Å²) in [5.74, 6) is -1.58. The standard InChI is InChI=1S/C10H7BrN4O4/c1-5-4-6(8(16)17)2-3-7(5)14-9(11)12-10(13-14)15(18)19/h2-4H,1H3,(H,16,17). The largest absolute Gasteiger partial charge is 0.492 e. The molecule has 2 rings (SSSR count). The predicted molar refractivity (Wildman–Crippen MR) is 67.4 cm³/mol. The molecule has 0 aliphatic rings. The van der Waals surface area contributed by atoms with Crippen LogP contribution in [0.25, 0.3) is 5.69 Å². The van der Waals surface area contributed by atoms with E-state index in [4.69, 9.17) is 5.11 Å². The minimum absolute atomic E-state index is 0.131. The second kappa shape index (κ2) is 4.76. The number of aryl methyl sites for hydroxylation is 1. The van der Waals surface area contributed by atoms with E-state index in [-0.39, 0.29) is 10.3 Å². The number of carboxylic acid groups (broad SMARTS) is 1. The molecule has 0 saturated carbocycles. The zero-order valence-corrected chi connectivity index (χ0v) is 11.2. The van der Waals surface area contributed by atoms with Gasteiger partial charge in [-0.05, 0) is 40.6 Å². The molecule has 9 heteroatoms. The molecule has 0 fully saturated rings. The number of benzene rings is 1. The Bertz CT molecular complexity index is 682. The van der Waals surface area contributed by atoms with Crippen molar-refractivity contribution in [2.75, 3.05) is 0 Å². The second-order valence-electron chi connectivity index (χ2n) is 3.66. The molecule has 0 aliphatic heterocycles. The molecule has 0 spiro atoms. The van der Waals surface area contributed by atoms with E-state index in [0.717, 1.165) is 0 Å². The molecular weight excluding hydrogens is 320 g/mol. The van der Waals surface area contributed by atoms with Gasteiger partial charge in [0.2, 0.25) is 0 Å². The number of nitro groups is 1. The topological polar surface area (TPSA) is 111 Å². The number of carboxylic acids is 1. The number of aromatic carboxylic acids is 1. The van der Waals surface area contributed by atoms with Crippen molar-refractivity contribution in [3.8, 4) is 5.69 Å². The normalized spacial score (nSPS) is 10.4. The summed E-state index contributed by atoms with van der Waals surface area (Å²) in [7, 11) is 0. The molecule has 0 saturated heterocycles. The maximum Gasteiger partial charge on any atom is 0.492 e. The third-order valence-corrected chi connectivity index (χ3v) is 2.90. The van der Waals surface area contributed by atoms with Crippen LogP contribution in [0, 0.1) is 17.0 Å². The van der Waals surface area contributed by atoms with Crippen LogP contribution in [-0.4, -0.2) is 30.8 Å². The van der Waals surface area contributed by atoms with Crippen molar-refractivity contribution >= 4 is 27.8 Å². The fourth-order valence-electron chi connectivity index (χ4n) is 1.54. The van der Waals surface area contributed by atoms with Crippen molar-refractivity contribution in [3.63, 3.8) is 0 Å². The molecule has 0 aliphatic carbocycles. The predicted octanol–water partition coefficient (Wildman–Crippen LogP) is 1.94. The summed E-state index contributed by atoms with van der Waals surface area (Å²) in [5, 5.41) is 23.2. The average molecular weight is 327 g/mol. The van der Waals surface area contributed by atoms with E-state index in [9.17, 15) is 14.9 Å². The first-order valence-corrected chi connectivity index (χ1v) is 5.80. The quantitative estimate of drug-likeness (QED) is 0.681. The Morgan fingerprint density at radius 3 is 2.68 bits per heavy atom. The van der Waals surface area contributed by atoms with Crippen LogP contribution in [0.5, 0.6) is 0 Å². The fraction of sp³-hybridized carbons (Fsp3) is 0.100. The Hall–Kier alpha value is -2.29. The first kappa shape index (κ1) is 13.1. The molecule has 0 bridgehead atoms. The third kappa shape index (κ3) is 2.45. The van der Waals surface area contributed by atoms with E-state index in [1.54, 1.807) is 6.92 Å². The summed E-state index contributed by atoms with van der Waals surface area (Å²) in [5.41, 5.74) is 1.25. The number of aromatic nitrogens is 3. The van der Waals surface area contributed by atoms with Gasteiger partial charge < -0.3 is 15.2 Å². The number of hydrogen-bond acceptors (Lipinski definition) is 5. The highest BCUT2D eigenvalue weighted by molar-refractivity contribution is 9.10. The van der Waals surface area contributed by atoms with Crippen LogP contribution >= 0.6 is 15.9 Å². The maximum atomic E-state index is 10.8.